The van der Waals surface area contributed by atoms with Crippen molar-refractivity contribution in [3.8, 4) is 0 Å². The first kappa shape index (κ1) is 17.4. The number of carboxylic acid groups (broad SMARTS) is 1. The number of carboxylic acids is 1. The summed E-state index contributed by atoms with van der Waals surface area (Å²) in [5, 5.41) is 9.08. The molecule has 1 aromatic heterocycles. The minimum absolute atomic E-state index is 0.0954. The van der Waals surface area contributed by atoms with E-state index in [0.29, 0.717) is 18.7 Å². The highest BCUT2D eigenvalue weighted by molar-refractivity contribution is 7.91. The molecule has 8 heteroatoms. The largest absolute Gasteiger partial charge is 0.477 e. The van der Waals surface area contributed by atoms with Gasteiger partial charge < -0.3 is 5.11 Å². The molecule has 1 saturated heterocycles. The molecule has 0 saturated carbocycles. The molecule has 0 radical (unpaired) electrons. The molecule has 22 heavy (non-hydrogen) atoms. The quantitative estimate of drug-likeness (QED) is 0.851. The fraction of sp³-hybridized carbons (Fsp3) is 0.643. The molecule has 0 amide bonds. The van der Waals surface area contributed by atoms with Gasteiger partial charge in [-0.3, -0.25) is 4.90 Å². The van der Waals surface area contributed by atoms with Gasteiger partial charge in [-0.2, -0.15) is 4.31 Å². The Kier molecular flexibility index (Phi) is 5.26. The zero-order valence-corrected chi connectivity index (χ0v) is 14.7. The Labute approximate surface area is 135 Å². The number of aromatic carboxylic acids is 1. The summed E-state index contributed by atoms with van der Waals surface area (Å²) in [6, 6.07) is 1.71. The van der Waals surface area contributed by atoms with Crippen molar-refractivity contribution in [2.24, 2.45) is 0 Å². The van der Waals surface area contributed by atoms with Gasteiger partial charge in [0, 0.05) is 19.1 Å². The van der Waals surface area contributed by atoms with Crippen molar-refractivity contribution in [2.75, 3.05) is 26.2 Å². The van der Waals surface area contributed by atoms with Crippen molar-refractivity contribution in [3.05, 3.63) is 16.5 Å². The van der Waals surface area contributed by atoms with Crippen LogP contribution in [0.3, 0.4) is 0 Å². The summed E-state index contributed by atoms with van der Waals surface area (Å²) in [6.45, 7) is 8.53. The summed E-state index contributed by atoms with van der Waals surface area (Å²) in [5.41, 5.74) is 0.496. The summed E-state index contributed by atoms with van der Waals surface area (Å²) < 4.78 is 27.0. The zero-order chi connectivity index (χ0) is 16.5. The van der Waals surface area contributed by atoms with E-state index < -0.39 is 16.0 Å². The van der Waals surface area contributed by atoms with E-state index in [4.69, 9.17) is 5.11 Å². The molecule has 1 aliphatic heterocycles. The fourth-order valence-corrected chi connectivity index (χ4v) is 5.91. The molecule has 1 fully saturated rings. The molecule has 0 unspecified atom stereocenters. The summed E-state index contributed by atoms with van der Waals surface area (Å²) in [7, 11) is -3.59. The number of hydrogen-bond donors (Lipinski definition) is 1. The number of likely N-dealkylation sites (N-methyl/N-ethyl adjacent to an activating group) is 1. The first-order chi connectivity index (χ1) is 10.3. The summed E-state index contributed by atoms with van der Waals surface area (Å²) in [6.07, 6.45) is 0.817. The molecule has 1 aliphatic rings. The number of nitrogens with zero attached hydrogens (tertiary/aromatic N) is 2. The van der Waals surface area contributed by atoms with E-state index in [0.717, 1.165) is 30.8 Å². The van der Waals surface area contributed by atoms with Crippen molar-refractivity contribution in [3.63, 3.8) is 0 Å². The molecule has 0 aromatic carbocycles. The third-order valence-corrected chi connectivity index (χ3v) is 7.68. The van der Waals surface area contributed by atoms with Crippen LogP contribution >= 0.6 is 11.3 Å². The van der Waals surface area contributed by atoms with Crippen molar-refractivity contribution in [2.45, 2.75) is 37.4 Å². The van der Waals surface area contributed by atoms with Gasteiger partial charge in [0.2, 0.25) is 0 Å². The second-order valence-electron chi connectivity index (χ2n) is 5.41. The smallest absolute Gasteiger partial charge is 0.346 e. The average molecular weight is 346 g/mol. The van der Waals surface area contributed by atoms with Gasteiger partial charge in [0.15, 0.2) is 0 Å². The third-order valence-electron chi connectivity index (χ3n) is 4.14. The van der Waals surface area contributed by atoms with E-state index in [9.17, 15) is 13.2 Å². The number of sulfonamides is 1. The van der Waals surface area contributed by atoms with Crippen molar-refractivity contribution < 1.29 is 18.3 Å². The van der Waals surface area contributed by atoms with Crippen LogP contribution in [0.15, 0.2) is 10.3 Å². The standard InChI is InChI=1S/C14H22N2O4S2/c1-4-15(5-2)11-6-7-16(9-11)22(19,20)12-8-10(3)13(21-12)14(17)18/h8,11H,4-7,9H2,1-3H3,(H,17,18)/t11-/m0/s1. The van der Waals surface area contributed by atoms with Gasteiger partial charge in [0.1, 0.15) is 9.09 Å². The van der Waals surface area contributed by atoms with Gasteiger partial charge >= 0.3 is 5.97 Å². The molecule has 0 spiro atoms. The van der Waals surface area contributed by atoms with Crippen molar-refractivity contribution >= 4 is 27.3 Å². The molecule has 1 aromatic rings. The van der Waals surface area contributed by atoms with Crippen LogP contribution in [0.1, 0.15) is 35.5 Å². The van der Waals surface area contributed by atoms with Gasteiger partial charge in [-0.1, -0.05) is 13.8 Å². The normalized spacial score (nSPS) is 19.9. The van der Waals surface area contributed by atoms with Crippen molar-refractivity contribution in [1.82, 2.24) is 9.21 Å². The van der Waals surface area contributed by atoms with Gasteiger partial charge in [-0.05, 0) is 38.1 Å². The Bertz CT molecular complexity index is 650. The monoisotopic (exact) mass is 346 g/mol. The lowest BCUT2D eigenvalue weighted by atomic mass is 10.2. The third kappa shape index (κ3) is 3.19. The van der Waals surface area contributed by atoms with E-state index in [1.54, 1.807) is 6.92 Å². The zero-order valence-electron chi connectivity index (χ0n) is 13.1. The number of aryl methyl sites for hydroxylation is 1. The molecule has 6 nitrogen and oxygen atoms in total. The molecule has 1 atom stereocenters. The lowest BCUT2D eigenvalue weighted by Crippen LogP contribution is -2.38. The van der Waals surface area contributed by atoms with Crippen LogP contribution in [0.5, 0.6) is 0 Å². The lowest BCUT2D eigenvalue weighted by molar-refractivity contribution is 0.0701. The van der Waals surface area contributed by atoms with E-state index in [1.807, 2.05) is 0 Å². The number of carbonyl (C=O) groups is 1. The molecule has 0 aliphatic carbocycles. The Morgan fingerprint density at radius 1 is 1.45 bits per heavy atom. The lowest BCUT2D eigenvalue weighted by Gasteiger charge is -2.25. The first-order valence-electron chi connectivity index (χ1n) is 7.39. The summed E-state index contributed by atoms with van der Waals surface area (Å²) in [5.74, 6) is -1.08. The molecular weight excluding hydrogens is 324 g/mol. The van der Waals surface area contributed by atoms with Crippen LogP contribution in [0, 0.1) is 6.92 Å². The average Bonchev–Trinajstić information content (AvgIpc) is 3.07. The van der Waals surface area contributed by atoms with E-state index in [-0.39, 0.29) is 15.1 Å². The van der Waals surface area contributed by atoms with Gasteiger partial charge in [0.05, 0.1) is 0 Å². The van der Waals surface area contributed by atoms with E-state index >= 15 is 0 Å². The van der Waals surface area contributed by atoms with Gasteiger partial charge in [-0.25, -0.2) is 13.2 Å². The van der Waals surface area contributed by atoms with E-state index in [1.165, 1.54) is 10.4 Å². The molecule has 2 rings (SSSR count). The Morgan fingerprint density at radius 2 is 2.09 bits per heavy atom. The van der Waals surface area contributed by atoms with Crippen LogP contribution < -0.4 is 0 Å². The van der Waals surface area contributed by atoms with Crippen LogP contribution in [0.2, 0.25) is 0 Å². The minimum Gasteiger partial charge on any atom is -0.477 e. The second kappa shape index (κ2) is 6.66. The highest BCUT2D eigenvalue weighted by Gasteiger charge is 2.35. The predicted molar refractivity (Wildman–Crippen MR) is 86.1 cm³/mol. The summed E-state index contributed by atoms with van der Waals surface area (Å²) in [4.78, 5) is 13.5. The minimum atomic E-state index is -3.59. The maximum atomic E-state index is 12.7. The Balaban J connectivity index is 2.22. The number of thiophene rings is 1. The SMILES string of the molecule is CCN(CC)[C@H]1CCN(S(=O)(=O)c2cc(C)c(C(=O)O)s2)C1. The molecule has 124 valence electrons. The van der Waals surface area contributed by atoms with Crippen LogP contribution in [-0.4, -0.2) is 60.9 Å². The van der Waals surface area contributed by atoms with Crippen molar-refractivity contribution in [1.29, 1.82) is 0 Å². The Morgan fingerprint density at radius 3 is 2.59 bits per heavy atom. The molecule has 1 N–H and O–H groups in total. The predicted octanol–water partition coefficient (Wildman–Crippen LogP) is 1.86. The number of hydrogen-bond acceptors (Lipinski definition) is 5. The highest BCUT2D eigenvalue weighted by atomic mass is 32.2. The second-order valence-corrected chi connectivity index (χ2v) is 8.63. The molecule has 2 heterocycles. The highest BCUT2D eigenvalue weighted by Crippen LogP contribution is 2.31. The number of rotatable bonds is 6. The van der Waals surface area contributed by atoms with Gasteiger partial charge in [-0.15, -0.1) is 11.3 Å². The van der Waals surface area contributed by atoms with Gasteiger partial charge in [0.25, 0.3) is 10.0 Å². The van der Waals surface area contributed by atoms with Crippen LogP contribution in [0.25, 0.3) is 0 Å². The summed E-state index contributed by atoms with van der Waals surface area (Å²) >= 11 is 0.840. The topological polar surface area (TPSA) is 77.9 Å². The first-order valence-corrected chi connectivity index (χ1v) is 9.64. The maximum absolute atomic E-state index is 12.7. The van der Waals surface area contributed by atoms with E-state index in [2.05, 4.69) is 18.7 Å². The van der Waals surface area contributed by atoms with Crippen LogP contribution in [0.4, 0.5) is 0 Å². The maximum Gasteiger partial charge on any atom is 0.346 e. The fourth-order valence-electron chi connectivity index (χ4n) is 2.89. The molecule has 0 bridgehead atoms. The van der Waals surface area contributed by atoms with Crippen LogP contribution in [-0.2, 0) is 10.0 Å². The molecular formula is C14H22N2O4S2. The Hall–Kier alpha value is -0.960.